The largest absolute Gasteiger partial charge is 0.357 e. The molecular weight excluding hydrogens is 564 g/mol. The van der Waals surface area contributed by atoms with E-state index in [0.29, 0.717) is 0 Å². The highest BCUT2D eigenvalue weighted by Crippen LogP contribution is 2.40. The van der Waals surface area contributed by atoms with Crippen LogP contribution in [0.4, 0.5) is 0 Å². The summed E-state index contributed by atoms with van der Waals surface area (Å²) in [5.74, 6) is 0.927. The molecule has 0 saturated carbocycles. The molecule has 0 saturated heterocycles. The Labute approximate surface area is 263 Å². The molecule has 218 valence electrons. The lowest BCUT2D eigenvalue weighted by Crippen LogP contribution is -2.08. The first kappa shape index (κ1) is 25.0. The Morgan fingerprint density at radius 2 is 1.00 bits per heavy atom. The number of aromatic nitrogens is 6. The number of nitrogens with zero attached hydrogens (tertiary/aromatic N) is 2. The van der Waals surface area contributed by atoms with Gasteiger partial charge in [0.2, 0.25) is 0 Å². The minimum absolute atomic E-state index is 0.927. The van der Waals surface area contributed by atoms with Gasteiger partial charge in [-0.3, -0.25) is 14.8 Å². The minimum Gasteiger partial charge on any atom is -0.357 e. The highest BCUT2D eigenvalue weighted by molar-refractivity contribution is 6.14. The van der Waals surface area contributed by atoms with Gasteiger partial charge in [-0.15, -0.1) is 0 Å². The molecule has 0 aliphatic carbocycles. The molecule has 2 aliphatic rings. The summed E-state index contributed by atoms with van der Waals surface area (Å²) in [5, 5.41) is 14.6. The number of fused-ring (bicyclic) bond motifs is 8. The topological polar surface area (TPSA) is 73.0 Å². The van der Waals surface area contributed by atoms with Crippen LogP contribution in [0.5, 0.6) is 0 Å². The number of rotatable bonds is 3. The van der Waals surface area contributed by atoms with Crippen LogP contribution in [-0.4, -0.2) is 29.3 Å². The Morgan fingerprint density at radius 3 is 1.80 bits per heavy atom. The Bertz CT molecular complexity index is 2760. The summed E-state index contributed by atoms with van der Waals surface area (Å²) in [5.41, 5.74) is 9.75. The number of hydrogen-bond donors (Lipinski definition) is 4. The summed E-state index contributed by atoms with van der Waals surface area (Å²) < 4.78 is 4.67. The van der Waals surface area contributed by atoms with Crippen LogP contribution in [0.15, 0.2) is 146 Å². The monoisotopic (exact) mass is 592 g/mol. The van der Waals surface area contributed by atoms with Crippen molar-refractivity contribution in [2.75, 3.05) is 0 Å². The van der Waals surface area contributed by atoms with Gasteiger partial charge in [0.25, 0.3) is 0 Å². The molecule has 8 aromatic rings. The summed E-state index contributed by atoms with van der Waals surface area (Å²) in [6.45, 7) is 0. The molecule has 6 nitrogen and oxygen atoms in total. The molecule has 6 heteroatoms. The van der Waals surface area contributed by atoms with E-state index in [0.717, 1.165) is 50.7 Å². The van der Waals surface area contributed by atoms with E-state index in [-0.39, 0.29) is 0 Å². The van der Waals surface area contributed by atoms with E-state index in [2.05, 4.69) is 163 Å². The van der Waals surface area contributed by atoms with Crippen LogP contribution in [0.3, 0.4) is 0 Å². The molecule has 0 unspecified atom stereocenters. The number of H-pyrrole nitrogens is 4. The Balaban J connectivity index is 1.24. The fraction of sp³-hybridized carbons (Fsp3) is 0. The molecule has 0 bridgehead atoms. The lowest BCUT2D eigenvalue weighted by molar-refractivity contribution is 0.935. The van der Waals surface area contributed by atoms with Crippen molar-refractivity contribution in [2.45, 2.75) is 0 Å². The van der Waals surface area contributed by atoms with Gasteiger partial charge in [-0.2, -0.15) is 0 Å². The second-order valence-electron chi connectivity index (χ2n) is 11.8. The van der Waals surface area contributed by atoms with E-state index in [4.69, 9.17) is 0 Å². The predicted molar refractivity (Wildman–Crippen MR) is 190 cm³/mol. The van der Waals surface area contributed by atoms with Gasteiger partial charge in [0.1, 0.15) is 5.69 Å². The van der Waals surface area contributed by atoms with E-state index in [9.17, 15) is 0 Å². The summed E-state index contributed by atoms with van der Waals surface area (Å²) in [6.07, 6.45) is 3.89. The number of nitrogens with one attached hydrogen (secondary N) is 4. The first-order valence-corrected chi connectivity index (χ1v) is 15.5. The molecule has 0 radical (unpaired) electrons. The molecule has 46 heavy (non-hydrogen) atoms. The normalized spacial score (nSPS) is 11.9. The molecule has 0 amide bonds. The Hall–Kier alpha value is -6.40. The van der Waals surface area contributed by atoms with Crippen molar-refractivity contribution in [1.29, 1.82) is 0 Å². The van der Waals surface area contributed by atoms with E-state index >= 15 is 0 Å². The second kappa shape index (κ2) is 9.55. The number of hydrogen-bond acceptors (Lipinski definition) is 0. The summed E-state index contributed by atoms with van der Waals surface area (Å²) >= 11 is 0. The maximum Gasteiger partial charge on any atom is 0.156 e. The number of aromatic amines is 4. The van der Waals surface area contributed by atoms with E-state index in [1.807, 2.05) is 12.4 Å². The SMILES string of the molecule is c1ccc(-n2c3ccccc3c3ccc(-c4[nH][nH]c(-n5c6ccccc6c6cc7ccccc7cc65)c5[nH]cc[nH]c4-5)cc32)cc1. The number of benzene rings is 6. The molecule has 4 heterocycles. The van der Waals surface area contributed by atoms with Crippen LogP contribution in [-0.2, 0) is 0 Å². The molecule has 2 aromatic heterocycles. The third kappa shape index (κ3) is 3.52. The van der Waals surface area contributed by atoms with Gasteiger partial charge in [0, 0.05) is 45.2 Å². The zero-order chi connectivity index (χ0) is 30.2. The first-order valence-electron chi connectivity index (χ1n) is 15.5. The van der Waals surface area contributed by atoms with Gasteiger partial charge < -0.3 is 14.5 Å². The first-order chi connectivity index (χ1) is 22.8. The van der Waals surface area contributed by atoms with Crippen LogP contribution in [0.1, 0.15) is 0 Å². The molecule has 0 spiro atoms. The highest BCUT2D eigenvalue weighted by atomic mass is 15.2. The van der Waals surface area contributed by atoms with Crippen molar-refractivity contribution in [3.05, 3.63) is 146 Å². The fourth-order valence-electron chi connectivity index (χ4n) is 7.29. The van der Waals surface area contributed by atoms with Crippen molar-refractivity contribution in [2.24, 2.45) is 0 Å². The van der Waals surface area contributed by atoms with Gasteiger partial charge in [-0.1, -0.05) is 91.0 Å². The van der Waals surface area contributed by atoms with Crippen molar-refractivity contribution >= 4 is 54.4 Å². The van der Waals surface area contributed by atoms with Crippen LogP contribution >= 0.6 is 0 Å². The molecule has 4 N–H and O–H groups in total. The Kier molecular flexibility index (Phi) is 5.19. The maximum absolute atomic E-state index is 3.61. The summed E-state index contributed by atoms with van der Waals surface area (Å²) in [6, 6.07) is 47.7. The Morgan fingerprint density at radius 1 is 0.391 bits per heavy atom. The van der Waals surface area contributed by atoms with Crippen LogP contribution in [0.2, 0.25) is 0 Å². The lowest BCUT2D eigenvalue weighted by Gasteiger charge is -2.19. The van der Waals surface area contributed by atoms with Gasteiger partial charge >= 0.3 is 0 Å². The zero-order valence-corrected chi connectivity index (χ0v) is 24.8. The average Bonchev–Trinajstić information content (AvgIpc) is 3.62. The van der Waals surface area contributed by atoms with Crippen molar-refractivity contribution in [3.63, 3.8) is 0 Å². The average molecular weight is 593 g/mol. The standard InChI is InChI=1S/C40H28N6/c1-2-12-28(13-3-1)45-33-16-8-6-14-29(33)31-19-18-27(24-35(31)45)37-38-39(42-21-20-41-38)40(44-43-37)46-34-17-9-7-15-30(34)32-22-25-10-4-5-11-26(25)23-36(32)46/h1-24,41-44H. The fourth-order valence-corrected chi connectivity index (χ4v) is 7.29. The van der Waals surface area contributed by atoms with Gasteiger partial charge in [0.05, 0.1) is 33.5 Å². The van der Waals surface area contributed by atoms with Crippen LogP contribution in [0.25, 0.3) is 88.5 Å². The summed E-state index contributed by atoms with van der Waals surface area (Å²) in [7, 11) is 0. The van der Waals surface area contributed by atoms with Crippen molar-refractivity contribution in [1.82, 2.24) is 29.3 Å². The van der Waals surface area contributed by atoms with Crippen molar-refractivity contribution < 1.29 is 0 Å². The van der Waals surface area contributed by atoms with Gasteiger partial charge in [0.15, 0.2) is 5.82 Å². The summed E-state index contributed by atoms with van der Waals surface area (Å²) in [4.78, 5) is 7.14. The van der Waals surface area contributed by atoms with E-state index in [1.165, 1.54) is 37.8 Å². The van der Waals surface area contributed by atoms with Gasteiger partial charge in [-0.25, -0.2) is 0 Å². The molecule has 0 atom stereocenters. The molecule has 0 fully saturated rings. The van der Waals surface area contributed by atoms with Crippen molar-refractivity contribution in [3.8, 4) is 34.2 Å². The van der Waals surface area contributed by atoms with E-state index in [1.54, 1.807) is 0 Å². The van der Waals surface area contributed by atoms with Gasteiger partial charge in [-0.05, 0) is 53.2 Å². The third-order valence-corrected chi connectivity index (χ3v) is 9.32. The smallest absolute Gasteiger partial charge is 0.156 e. The molecular formula is C40H28N6. The third-order valence-electron chi connectivity index (χ3n) is 9.32. The molecule has 6 aromatic carbocycles. The van der Waals surface area contributed by atoms with Crippen LogP contribution in [0, 0.1) is 0 Å². The predicted octanol–water partition coefficient (Wildman–Crippen LogP) is 10.2. The molecule has 2 aliphatic heterocycles. The van der Waals surface area contributed by atoms with Crippen LogP contribution < -0.4 is 0 Å². The molecule has 10 rings (SSSR count). The number of para-hydroxylation sites is 3. The second-order valence-corrected chi connectivity index (χ2v) is 11.8. The minimum atomic E-state index is 0.927. The van der Waals surface area contributed by atoms with E-state index < -0.39 is 0 Å². The maximum atomic E-state index is 3.61. The zero-order valence-electron chi connectivity index (χ0n) is 24.8. The lowest BCUT2D eigenvalue weighted by atomic mass is 10.0. The highest BCUT2D eigenvalue weighted by Gasteiger charge is 2.22. The quantitative estimate of drug-likeness (QED) is 0.158.